The normalized spacial score (nSPS) is 23.3. The number of carbonyl (C=O) groups excluding carboxylic acids is 1. The molecule has 1 N–H and O–H groups in total. The maximum Gasteiger partial charge on any atom is 0.420 e. The summed E-state index contributed by atoms with van der Waals surface area (Å²) in [4.78, 5) is 28.9. The largest absolute Gasteiger partial charge is 0.420 e. The van der Waals surface area contributed by atoms with E-state index in [1.54, 1.807) is 4.90 Å². The van der Waals surface area contributed by atoms with E-state index in [4.69, 9.17) is 0 Å². The van der Waals surface area contributed by atoms with Crippen LogP contribution < -0.4 is 10.2 Å². The van der Waals surface area contributed by atoms with Gasteiger partial charge in [-0.05, 0) is 75.4 Å². The Morgan fingerprint density at radius 2 is 1.88 bits per heavy atom. The first kappa shape index (κ1) is 28.7. The Hall–Kier alpha value is -3.03. The third-order valence-electron chi connectivity index (χ3n) is 8.85. The predicted octanol–water partition coefficient (Wildman–Crippen LogP) is 5.71. The SMILES string of the molecule is CC1CN(c2ccc(Nc3ncc(C(F)(F)F)c(-c4cc5c(s4)C(=O)N(C4CC4)CCS5=O)n3)c(C3CC3)c2)CCN1C. The summed E-state index contributed by atoms with van der Waals surface area (Å²) in [5.74, 6) is 0.428. The van der Waals surface area contributed by atoms with E-state index < -0.39 is 22.5 Å². The second kappa shape index (κ2) is 10.8. The van der Waals surface area contributed by atoms with Crippen LogP contribution in [0.3, 0.4) is 0 Å². The molecule has 2 unspecified atom stereocenters. The quantitative estimate of drug-likeness (QED) is 0.374. The molecular formula is C30H33F3N6O2S2. The molecule has 13 heteroatoms. The Bertz CT molecular complexity index is 1600. The summed E-state index contributed by atoms with van der Waals surface area (Å²) in [7, 11) is 0.645. The Balaban J connectivity index is 1.23. The van der Waals surface area contributed by atoms with Crippen molar-refractivity contribution in [3.63, 3.8) is 0 Å². The smallest absolute Gasteiger partial charge is 0.369 e. The number of nitrogens with zero attached hydrogens (tertiary/aromatic N) is 5. The van der Waals surface area contributed by atoms with Crippen LogP contribution in [-0.4, -0.2) is 80.9 Å². The highest BCUT2D eigenvalue weighted by Gasteiger charge is 2.40. The second-order valence-electron chi connectivity index (χ2n) is 12.0. The number of nitrogens with one attached hydrogen (secondary N) is 1. The van der Waals surface area contributed by atoms with Gasteiger partial charge >= 0.3 is 6.18 Å². The number of benzene rings is 1. The summed E-state index contributed by atoms with van der Waals surface area (Å²) in [5.41, 5.74) is 1.71. The van der Waals surface area contributed by atoms with E-state index in [-0.39, 0.29) is 39.1 Å². The lowest BCUT2D eigenvalue weighted by molar-refractivity contribution is -0.137. The number of thiophene rings is 1. The Labute approximate surface area is 254 Å². The molecule has 2 aliphatic heterocycles. The summed E-state index contributed by atoms with van der Waals surface area (Å²) >= 11 is 0.933. The van der Waals surface area contributed by atoms with Gasteiger partial charge in [-0.25, -0.2) is 9.97 Å². The number of aromatic nitrogens is 2. The van der Waals surface area contributed by atoms with Gasteiger partial charge in [0.25, 0.3) is 5.91 Å². The van der Waals surface area contributed by atoms with Crippen molar-refractivity contribution in [3.8, 4) is 10.6 Å². The van der Waals surface area contributed by atoms with Gasteiger partial charge < -0.3 is 20.0 Å². The molecule has 2 aromatic heterocycles. The number of piperazine rings is 1. The summed E-state index contributed by atoms with van der Waals surface area (Å²) in [6.07, 6.45) is -0.0200. The lowest BCUT2D eigenvalue weighted by Gasteiger charge is -2.39. The minimum absolute atomic E-state index is 0.0431. The van der Waals surface area contributed by atoms with Gasteiger partial charge in [-0.15, -0.1) is 11.3 Å². The van der Waals surface area contributed by atoms with Crippen molar-refractivity contribution in [2.45, 2.75) is 61.7 Å². The van der Waals surface area contributed by atoms with Crippen LogP contribution in [0.1, 0.15) is 59.3 Å². The van der Waals surface area contributed by atoms with Gasteiger partial charge in [0.2, 0.25) is 5.95 Å². The first-order chi connectivity index (χ1) is 20.6. The number of anilines is 3. The highest BCUT2D eigenvalue weighted by atomic mass is 32.2. The van der Waals surface area contributed by atoms with Crippen molar-refractivity contribution < 1.29 is 22.2 Å². The number of alkyl halides is 3. The summed E-state index contributed by atoms with van der Waals surface area (Å²) in [5, 5.41) is 3.20. The lowest BCUT2D eigenvalue weighted by Crippen LogP contribution is -2.50. The minimum Gasteiger partial charge on any atom is -0.369 e. The molecule has 1 saturated heterocycles. The highest BCUT2D eigenvalue weighted by molar-refractivity contribution is 7.85. The van der Waals surface area contributed by atoms with Crippen LogP contribution in [0.5, 0.6) is 0 Å². The number of likely N-dealkylation sites (N-methyl/N-ethyl adjacent to an activating group) is 1. The molecule has 1 amide bonds. The predicted molar refractivity (Wildman–Crippen MR) is 162 cm³/mol. The van der Waals surface area contributed by atoms with E-state index in [0.717, 1.165) is 79.8 Å². The Kier molecular flexibility index (Phi) is 7.25. The van der Waals surface area contributed by atoms with Crippen LogP contribution >= 0.6 is 11.3 Å². The zero-order chi connectivity index (χ0) is 30.0. The van der Waals surface area contributed by atoms with Crippen molar-refractivity contribution in [2.24, 2.45) is 0 Å². The first-order valence-electron chi connectivity index (χ1n) is 14.7. The monoisotopic (exact) mass is 630 g/mol. The second-order valence-corrected chi connectivity index (χ2v) is 14.6. The molecule has 4 aliphatic rings. The van der Waals surface area contributed by atoms with Gasteiger partial charge in [0.1, 0.15) is 10.4 Å². The number of carbonyl (C=O) groups is 1. The van der Waals surface area contributed by atoms with Crippen LogP contribution in [0.15, 0.2) is 35.4 Å². The number of hydrogen-bond donors (Lipinski definition) is 1. The average molecular weight is 631 g/mol. The lowest BCUT2D eigenvalue weighted by atomic mass is 10.1. The molecule has 3 aromatic rings. The fourth-order valence-electron chi connectivity index (χ4n) is 5.90. The third-order valence-corrected chi connectivity index (χ3v) is 11.5. The third kappa shape index (κ3) is 5.66. The fraction of sp³-hybridized carbons (Fsp3) is 0.500. The molecule has 0 bridgehead atoms. The topological polar surface area (TPSA) is 81.7 Å². The Morgan fingerprint density at radius 1 is 1.09 bits per heavy atom. The zero-order valence-electron chi connectivity index (χ0n) is 24.0. The minimum atomic E-state index is -4.71. The van der Waals surface area contributed by atoms with E-state index in [2.05, 4.69) is 45.1 Å². The first-order valence-corrected chi connectivity index (χ1v) is 16.8. The summed E-state index contributed by atoms with van der Waals surface area (Å²) in [6, 6.07) is 8.20. The fourth-order valence-corrected chi connectivity index (χ4v) is 8.52. The van der Waals surface area contributed by atoms with Crippen LogP contribution in [0, 0.1) is 0 Å². The van der Waals surface area contributed by atoms with E-state index in [0.29, 0.717) is 23.4 Å². The van der Waals surface area contributed by atoms with Crippen LogP contribution in [0.2, 0.25) is 0 Å². The van der Waals surface area contributed by atoms with Gasteiger partial charge in [0.05, 0.1) is 26.3 Å². The molecular weight excluding hydrogens is 597 g/mol. The van der Waals surface area contributed by atoms with Crippen molar-refractivity contribution in [1.29, 1.82) is 0 Å². The molecule has 2 atom stereocenters. The van der Waals surface area contributed by atoms with Crippen LogP contribution in [-0.2, 0) is 17.0 Å². The van der Waals surface area contributed by atoms with Crippen molar-refractivity contribution in [3.05, 3.63) is 46.5 Å². The Morgan fingerprint density at radius 3 is 2.58 bits per heavy atom. The molecule has 1 aromatic carbocycles. The van der Waals surface area contributed by atoms with Crippen molar-refractivity contribution >= 4 is 45.4 Å². The number of fused-ring (bicyclic) bond motifs is 1. The molecule has 0 spiro atoms. The average Bonchev–Trinajstić information content (AvgIpc) is 3.91. The van der Waals surface area contributed by atoms with Gasteiger partial charge in [-0.1, -0.05) is 0 Å². The highest BCUT2D eigenvalue weighted by Crippen LogP contribution is 2.46. The summed E-state index contributed by atoms with van der Waals surface area (Å²) < 4.78 is 55.6. The number of rotatable bonds is 6. The maximum absolute atomic E-state index is 14.2. The van der Waals surface area contributed by atoms with Gasteiger partial charge in [-0.3, -0.25) is 9.00 Å². The molecule has 7 rings (SSSR count). The molecule has 3 fully saturated rings. The molecule has 43 heavy (non-hydrogen) atoms. The van der Waals surface area contributed by atoms with Crippen molar-refractivity contribution in [1.82, 2.24) is 19.8 Å². The molecule has 4 heterocycles. The zero-order valence-corrected chi connectivity index (χ0v) is 25.6. The van der Waals surface area contributed by atoms with E-state index in [9.17, 15) is 22.2 Å². The van der Waals surface area contributed by atoms with Gasteiger partial charge in [0, 0.05) is 61.6 Å². The standard InChI is InChI=1S/C30H33F3N6O2S2/c1-17-16-38(10-9-37(17)2)20-7-8-23(21(13-20)18-3-4-18)35-29-34-15-22(30(31,32)33)26(36-29)24-14-25-27(42-24)28(40)39(19-5-6-19)11-12-43(25)41/h7-8,13-15,17-19H,3-6,9-12,16H2,1-2H3,(H,34,35,36). The van der Waals surface area contributed by atoms with Gasteiger partial charge in [0.15, 0.2) is 0 Å². The van der Waals surface area contributed by atoms with Crippen LogP contribution in [0.4, 0.5) is 30.5 Å². The molecule has 8 nitrogen and oxygen atoms in total. The summed E-state index contributed by atoms with van der Waals surface area (Å²) in [6.45, 7) is 5.44. The van der Waals surface area contributed by atoms with E-state index >= 15 is 0 Å². The number of amides is 1. The van der Waals surface area contributed by atoms with E-state index in [1.807, 2.05) is 12.1 Å². The van der Waals surface area contributed by atoms with E-state index in [1.165, 1.54) is 6.07 Å². The van der Waals surface area contributed by atoms with Crippen LogP contribution in [0.25, 0.3) is 10.6 Å². The number of hydrogen-bond acceptors (Lipinski definition) is 8. The molecule has 2 saturated carbocycles. The van der Waals surface area contributed by atoms with Crippen molar-refractivity contribution in [2.75, 3.05) is 49.2 Å². The van der Waals surface area contributed by atoms with Gasteiger partial charge in [-0.2, -0.15) is 13.2 Å². The number of halogens is 3. The molecule has 0 radical (unpaired) electrons. The maximum atomic E-state index is 14.2. The molecule has 2 aliphatic carbocycles. The molecule has 228 valence electrons.